The predicted octanol–water partition coefficient (Wildman–Crippen LogP) is 4.22. The van der Waals surface area contributed by atoms with E-state index in [1.165, 1.54) is 0 Å². The van der Waals surface area contributed by atoms with E-state index in [0.29, 0.717) is 45.8 Å². The molecule has 4 fully saturated rings. The largest absolute Gasteiger partial charge is 0.459 e. The zero-order valence-electron chi connectivity index (χ0n) is 27.9. The summed E-state index contributed by atoms with van der Waals surface area (Å²) in [6, 6.07) is 0. The predicted molar refractivity (Wildman–Crippen MR) is 162 cm³/mol. The standard InChI is InChI=1S/C33H54N2O8/c1-12-25(36)38-15-24(43-26(37)13-2)14-35-29(7,8)18-33(19-30(35,9)10)41-22-31(23-42-33)20-39-32(40-21-31)16-27(3,4)34(11)28(5,6)17-32/h12-13,24H,1-2,14-23H2,3-11H3. The molecule has 0 saturated carbocycles. The van der Waals surface area contributed by atoms with Crippen molar-refractivity contribution in [1.82, 2.24) is 9.80 Å². The highest BCUT2D eigenvalue weighted by molar-refractivity contribution is 5.82. The number of hydrogen-bond donors (Lipinski definition) is 0. The normalized spacial score (nSPS) is 29.0. The van der Waals surface area contributed by atoms with Crippen molar-refractivity contribution in [2.24, 2.45) is 5.41 Å². The van der Waals surface area contributed by atoms with E-state index in [4.69, 9.17) is 28.4 Å². The van der Waals surface area contributed by atoms with Crippen molar-refractivity contribution < 1.29 is 38.0 Å². The van der Waals surface area contributed by atoms with Crippen molar-refractivity contribution in [2.45, 2.75) is 121 Å². The van der Waals surface area contributed by atoms with Crippen LogP contribution in [0.3, 0.4) is 0 Å². The Kier molecular flexibility index (Phi) is 9.12. The molecular weight excluding hydrogens is 552 g/mol. The van der Waals surface area contributed by atoms with E-state index >= 15 is 0 Å². The summed E-state index contributed by atoms with van der Waals surface area (Å²) in [4.78, 5) is 28.5. The lowest BCUT2D eigenvalue weighted by Gasteiger charge is -2.62. The van der Waals surface area contributed by atoms with Gasteiger partial charge in [-0.1, -0.05) is 13.2 Å². The summed E-state index contributed by atoms with van der Waals surface area (Å²) in [6.07, 6.45) is 4.33. The van der Waals surface area contributed by atoms with Crippen LogP contribution in [0, 0.1) is 5.41 Å². The molecule has 4 saturated heterocycles. The highest BCUT2D eigenvalue weighted by atomic mass is 16.7. The number of carbonyl (C=O) groups is 2. The first-order valence-corrected chi connectivity index (χ1v) is 15.4. The Morgan fingerprint density at radius 3 is 1.51 bits per heavy atom. The van der Waals surface area contributed by atoms with Crippen LogP contribution in [0.15, 0.2) is 25.3 Å². The van der Waals surface area contributed by atoms with Gasteiger partial charge in [0.25, 0.3) is 0 Å². The zero-order chi connectivity index (χ0) is 32.1. The van der Waals surface area contributed by atoms with Gasteiger partial charge in [-0.3, -0.25) is 9.80 Å². The van der Waals surface area contributed by atoms with Gasteiger partial charge in [0.05, 0.1) is 31.8 Å². The highest BCUT2D eigenvalue weighted by Gasteiger charge is 2.60. The summed E-state index contributed by atoms with van der Waals surface area (Å²) in [7, 11) is 2.18. The fourth-order valence-electron chi connectivity index (χ4n) is 7.98. The number of likely N-dealkylation sites (tertiary alicyclic amines) is 2. The van der Waals surface area contributed by atoms with Crippen molar-refractivity contribution >= 4 is 11.9 Å². The van der Waals surface area contributed by atoms with Crippen LogP contribution in [0.4, 0.5) is 0 Å². The minimum absolute atomic E-state index is 0.0582. The molecule has 0 aromatic carbocycles. The van der Waals surface area contributed by atoms with E-state index in [2.05, 4.69) is 85.4 Å². The third-order valence-electron chi connectivity index (χ3n) is 10.1. The summed E-state index contributed by atoms with van der Waals surface area (Å²) in [6.45, 7) is 26.8. The molecule has 0 bridgehead atoms. The number of carbonyl (C=O) groups excluding carboxylic acids is 2. The molecule has 0 aromatic heterocycles. The molecule has 0 aromatic rings. The number of ether oxygens (including phenoxy) is 6. The molecule has 0 amide bonds. The topological polar surface area (TPSA) is 96.0 Å². The second-order valence-corrected chi connectivity index (χ2v) is 15.7. The zero-order valence-corrected chi connectivity index (χ0v) is 27.9. The summed E-state index contributed by atoms with van der Waals surface area (Å²) in [5, 5.41) is 0. The molecule has 43 heavy (non-hydrogen) atoms. The molecule has 244 valence electrons. The van der Waals surface area contributed by atoms with Crippen LogP contribution >= 0.6 is 0 Å². The van der Waals surface area contributed by atoms with Crippen molar-refractivity contribution in [1.29, 1.82) is 0 Å². The van der Waals surface area contributed by atoms with Crippen molar-refractivity contribution in [3.05, 3.63) is 25.3 Å². The summed E-state index contributed by atoms with van der Waals surface area (Å²) in [5.74, 6) is -2.53. The number of hydrogen-bond acceptors (Lipinski definition) is 10. The van der Waals surface area contributed by atoms with Gasteiger partial charge in [-0.25, -0.2) is 9.59 Å². The Balaban J connectivity index is 1.42. The van der Waals surface area contributed by atoms with E-state index in [9.17, 15) is 9.59 Å². The molecule has 0 N–H and O–H groups in total. The van der Waals surface area contributed by atoms with E-state index in [1.54, 1.807) is 0 Å². The van der Waals surface area contributed by atoms with Crippen LogP contribution in [0.5, 0.6) is 0 Å². The maximum atomic E-state index is 12.1. The molecule has 4 aliphatic heterocycles. The van der Waals surface area contributed by atoms with Gasteiger partial charge in [0, 0.05) is 66.5 Å². The van der Waals surface area contributed by atoms with Gasteiger partial charge >= 0.3 is 11.9 Å². The van der Waals surface area contributed by atoms with Gasteiger partial charge in [0.2, 0.25) is 0 Å². The van der Waals surface area contributed by atoms with Crippen LogP contribution in [0.25, 0.3) is 0 Å². The lowest BCUT2D eigenvalue weighted by molar-refractivity contribution is -0.395. The maximum Gasteiger partial charge on any atom is 0.330 e. The molecule has 0 aliphatic carbocycles. The number of esters is 2. The molecule has 4 heterocycles. The minimum Gasteiger partial charge on any atom is -0.459 e. The highest BCUT2D eigenvalue weighted by Crippen LogP contribution is 2.52. The molecule has 3 spiro atoms. The molecular formula is C33H54N2O8. The van der Waals surface area contributed by atoms with Gasteiger partial charge in [0.1, 0.15) is 12.7 Å². The smallest absolute Gasteiger partial charge is 0.330 e. The minimum atomic E-state index is -0.774. The third kappa shape index (κ3) is 7.05. The van der Waals surface area contributed by atoms with Crippen molar-refractivity contribution in [3.63, 3.8) is 0 Å². The van der Waals surface area contributed by atoms with Crippen LogP contribution in [-0.2, 0) is 38.0 Å². The van der Waals surface area contributed by atoms with Crippen LogP contribution in [0.1, 0.15) is 81.1 Å². The van der Waals surface area contributed by atoms with E-state index in [0.717, 1.165) is 25.0 Å². The Hall–Kier alpha value is -1.82. The lowest BCUT2D eigenvalue weighted by atomic mass is 9.74. The molecule has 10 nitrogen and oxygen atoms in total. The summed E-state index contributed by atoms with van der Waals surface area (Å²) >= 11 is 0. The molecule has 1 unspecified atom stereocenters. The summed E-state index contributed by atoms with van der Waals surface area (Å²) in [5.41, 5.74) is -1.28. The van der Waals surface area contributed by atoms with Gasteiger partial charge in [-0.2, -0.15) is 0 Å². The number of piperidine rings is 2. The second kappa shape index (κ2) is 11.5. The van der Waals surface area contributed by atoms with Gasteiger partial charge in [-0.15, -0.1) is 0 Å². The fraction of sp³-hybridized carbons (Fsp3) is 0.818. The van der Waals surface area contributed by atoms with Gasteiger partial charge < -0.3 is 28.4 Å². The van der Waals surface area contributed by atoms with E-state index in [-0.39, 0.29) is 23.1 Å². The second-order valence-electron chi connectivity index (χ2n) is 15.7. The Labute approximate surface area is 258 Å². The van der Waals surface area contributed by atoms with Crippen LogP contribution < -0.4 is 0 Å². The molecule has 4 aliphatic rings. The van der Waals surface area contributed by atoms with Crippen LogP contribution in [0.2, 0.25) is 0 Å². The average Bonchev–Trinajstić information content (AvgIpc) is 2.90. The maximum absolute atomic E-state index is 12.1. The molecule has 10 heteroatoms. The Bertz CT molecular complexity index is 1040. The number of nitrogens with zero attached hydrogens (tertiary/aromatic N) is 2. The Morgan fingerprint density at radius 1 is 0.721 bits per heavy atom. The number of rotatable bonds is 7. The first-order chi connectivity index (χ1) is 19.7. The molecule has 4 rings (SSSR count). The first kappa shape index (κ1) is 34.1. The fourth-order valence-corrected chi connectivity index (χ4v) is 7.98. The monoisotopic (exact) mass is 606 g/mol. The van der Waals surface area contributed by atoms with Crippen LogP contribution in [-0.4, -0.2) is 108 Å². The average molecular weight is 607 g/mol. The molecule has 1 atom stereocenters. The van der Waals surface area contributed by atoms with Gasteiger partial charge in [0.15, 0.2) is 11.6 Å². The van der Waals surface area contributed by atoms with E-state index < -0.39 is 40.7 Å². The van der Waals surface area contributed by atoms with Gasteiger partial charge in [-0.05, 0) is 62.4 Å². The lowest BCUT2D eigenvalue weighted by Crippen LogP contribution is -2.71. The van der Waals surface area contributed by atoms with Crippen molar-refractivity contribution in [2.75, 3.05) is 46.6 Å². The Morgan fingerprint density at radius 2 is 1.12 bits per heavy atom. The third-order valence-corrected chi connectivity index (χ3v) is 10.1. The summed E-state index contributed by atoms with van der Waals surface area (Å²) < 4.78 is 37.4. The molecule has 0 radical (unpaired) electrons. The van der Waals surface area contributed by atoms with E-state index in [1.807, 2.05) is 0 Å². The quantitative estimate of drug-likeness (QED) is 0.310. The first-order valence-electron chi connectivity index (χ1n) is 15.4. The SMILES string of the molecule is C=CC(=O)OCC(CN1C(C)(C)CC2(CC1(C)C)OCC1(COC3(CC(C)(C)N(C)C(C)(C)C3)OC1)CO2)OC(=O)C=C. The van der Waals surface area contributed by atoms with Crippen molar-refractivity contribution in [3.8, 4) is 0 Å².